The largest absolute Gasteiger partial charge is 0.360 e. The number of benzene rings is 2. The third-order valence-corrected chi connectivity index (χ3v) is 3.52. The Morgan fingerprint density at radius 1 is 1.14 bits per heavy atom. The van der Waals surface area contributed by atoms with E-state index in [1.165, 1.54) is 12.1 Å². The van der Waals surface area contributed by atoms with Gasteiger partial charge in [0.15, 0.2) is 0 Å². The van der Waals surface area contributed by atoms with Crippen molar-refractivity contribution < 1.29 is 9.18 Å². The number of nitrogens with zero attached hydrogens (tertiary/aromatic N) is 1. The van der Waals surface area contributed by atoms with Gasteiger partial charge in [-0.25, -0.2) is 4.39 Å². The first-order valence-corrected chi connectivity index (χ1v) is 6.84. The molecule has 0 saturated heterocycles. The zero-order chi connectivity index (χ0) is 14.8. The number of rotatable bonds is 3. The van der Waals surface area contributed by atoms with Crippen molar-refractivity contribution in [2.45, 2.75) is 6.92 Å². The van der Waals surface area contributed by atoms with E-state index in [1.54, 1.807) is 23.2 Å². The summed E-state index contributed by atoms with van der Waals surface area (Å²) in [6.45, 7) is 2.42. The summed E-state index contributed by atoms with van der Waals surface area (Å²) in [4.78, 5) is 17.5. The van der Waals surface area contributed by atoms with Gasteiger partial charge in [0.25, 0.3) is 5.91 Å². The fourth-order valence-electron chi connectivity index (χ4n) is 2.46. The van der Waals surface area contributed by atoms with Crippen LogP contribution in [0.15, 0.2) is 54.7 Å². The predicted molar refractivity (Wildman–Crippen MR) is 82.0 cm³/mol. The topological polar surface area (TPSA) is 36.1 Å². The Morgan fingerprint density at radius 2 is 1.86 bits per heavy atom. The lowest BCUT2D eigenvalue weighted by Gasteiger charge is -2.20. The highest BCUT2D eigenvalue weighted by molar-refractivity contribution is 6.13. The van der Waals surface area contributed by atoms with Crippen LogP contribution in [-0.2, 0) is 0 Å². The van der Waals surface area contributed by atoms with Crippen molar-refractivity contribution in [2.24, 2.45) is 0 Å². The van der Waals surface area contributed by atoms with Gasteiger partial charge in [0.1, 0.15) is 5.82 Å². The minimum Gasteiger partial charge on any atom is -0.360 e. The van der Waals surface area contributed by atoms with E-state index in [4.69, 9.17) is 0 Å². The van der Waals surface area contributed by atoms with Gasteiger partial charge in [0, 0.05) is 29.3 Å². The summed E-state index contributed by atoms with van der Waals surface area (Å²) in [5.74, 6) is -0.407. The maximum atomic E-state index is 13.0. The van der Waals surface area contributed by atoms with Crippen LogP contribution in [-0.4, -0.2) is 17.4 Å². The second-order valence-electron chi connectivity index (χ2n) is 4.77. The lowest BCUT2D eigenvalue weighted by atomic mass is 10.1. The number of halogens is 1. The minimum atomic E-state index is -0.311. The molecule has 0 aliphatic heterocycles. The highest BCUT2D eigenvalue weighted by atomic mass is 19.1. The van der Waals surface area contributed by atoms with Gasteiger partial charge in [0.2, 0.25) is 0 Å². The van der Waals surface area contributed by atoms with Gasteiger partial charge in [0.05, 0.1) is 5.56 Å². The number of carbonyl (C=O) groups excluding carboxylic acids is 1. The van der Waals surface area contributed by atoms with E-state index < -0.39 is 0 Å². The fraction of sp³-hybridized carbons (Fsp3) is 0.118. The summed E-state index contributed by atoms with van der Waals surface area (Å²) in [6, 6.07) is 13.6. The minimum absolute atomic E-state index is 0.0958. The second kappa shape index (κ2) is 5.40. The third kappa shape index (κ3) is 2.40. The molecule has 1 amide bonds. The van der Waals surface area contributed by atoms with E-state index in [0.717, 1.165) is 10.9 Å². The normalized spacial score (nSPS) is 10.8. The van der Waals surface area contributed by atoms with Gasteiger partial charge >= 0.3 is 0 Å². The summed E-state index contributed by atoms with van der Waals surface area (Å²) in [5.41, 5.74) is 2.24. The molecule has 0 saturated carbocycles. The standard InChI is InChI=1S/C17H15FN2O/c1-2-20(13-9-7-12(18)8-10-13)17(21)15-11-19-16-6-4-3-5-14(15)16/h3-11,19H,2H2,1H3. The quantitative estimate of drug-likeness (QED) is 0.775. The number of para-hydroxylation sites is 1. The van der Waals surface area contributed by atoms with E-state index in [9.17, 15) is 9.18 Å². The molecular formula is C17H15FN2O. The lowest BCUT2D eigenvalue weighted by molar-refractivity contribution is 0.0990. The van der Waals surface area contributed by atoms with Crippen LogP contribution < -0.4 is 4.90 Å². The maximum Gasteiger partial charge on any atom is 0.260 e. The average molecular weight is 282 g/mol. The maximum absolute atomic E-state index is 13.0. The van der Waals surface area contributed by atoms with Gasteiger partial charge in [-0.15, -0.1) is 0 Å². The van der Waals surface area contributed by atoms with E-state index >= 15 is 0 Å². The molecule has 1 aromatic heterocycles. The summed E-state index contributed by atoms with van der Waals surface area (Å²) in [7, 11) is 0. The van der Waals surface area contributed by atoms with Crippen molar-refractivity contribution in [1.82, 2.24) is 4.98 Å². The Balaban J connectivity index is 2.01. The monoisotopic (exact) mass is 282 g/mol. The van der Waals surface area contributed by atoms with Crippen LogP contribution in [0.4, 0.5) is 10.1 Å². The molecule has 0 atom stereocenters. The number of hydrogen-bond acceptors (Lipinski definition) is 1. The van der Waals surface area contributed by atoms with Crippen LogP contribution in [0.1, 0.15) is 17.3 Å². The summed E-state index contributed by atoms with van der Waals surface area (Å²) in [5, 5.41) is 0.892. The molecule has 0 bridgehead atoms. The molecule has 21 heavy (non-hydrogen) atoms. The first-order chi connectivity index (χ1) is 10.2. The number of carbonyl (C=O) groups is 1. The number of fused-ring (bicyclic) bond motifs is 1. The molecule has 0 spiro atoms. The number of nitrogens with one attached hydrogen (secondary N) is 1. The fourth-order valence-corrected chi connectivity index (χ4v) is 2.46. The third-order valence-electron chi connectivity index (χ3n) is 3.52. The smallest absolute Gasteiger partial charge is 0.260 e. The Kier molecular flexibility index (Phi) is 3.44. The van der Waals surface area contributed by atoms with E-state index in [1.807, 2.05) is 31.2 Å². The molecule has 1 heterocycles. The number of aromatic amines is 1. The number of hydrogen-bond donors (Lipinski definition) is 1. The molecule has 4 heteroatoms. The molecule has 3 nitrogen and oxygen atoms in total. The second-order valence-corrected chi connectivity index (χ2v) is 4.77. The number of H-pyrrole nitrogens is 1. The molecule has 1 N–H and O–H groups in total. The first kappa shape index (κ1) is 13.4. The average Bonchev–Trinajstić information content (AvgIpc) is 2.94. The molecule has 0 unspecified atom stereocenters. The summed E-state index contributed by atoms with van der Waals surface area (Å²) < 4.78 is 13.0. The van der Waals surface area contributed by atoms with E-state index in [-0.39, 0.29) is 11.7 Å². The highest BCUT2D eigenvalue weighted by Gasteiger charge is 2.19. The van der Waals surface area contributed by atoms with Crippen LogP contribution >= 0.6 is 0 Å². The number of anilines is 1. The van der Waals surface area contributed by atoms with Crippen molar-refractivity contribution in [3.05, 3.63) is 66.1 Å². The molecule has 0 aliphatic carbocycles. The zero-order valence-corrected chi connectivity index (χ0v) is 11.6. The molecular weight excluding hydrogens is 267 g/mol. The Hall–Kier alpha value is -2.62. The van der Waals surface area contributed by atoms with Gasteiger partial charge in [-0.1, -0.05) is 18.2 Å². The van der Waals surface area contributed by atoms with Gasteiger partial charge in [-0.3, -0.25) is 4.79 Å². The first-order valence-electron chi connectivity index (χ1n) is 6.84. The van der Waals surface area contributed by atoms with Crippen molar-refractivity contribution in [3.8, 4) is 0 Å². The molecule has 0 fully saturated rings. The van der Waals surface area contributed by atoms with Crippen LogP contribution in [0.3, 0.4) is 0 Å². The van der Waals surface area contributed by atoms with Crippen molar-refractivity contribution in [1.29, 1.82) is 0 Å². The summed E-state index contributed by atoms with van der Waals surface area (Å²) >= 11 is 0. The van der Waals surface area contributed by atoms with Crippen molar-refractivity contribution in [3.63, 3.8) is 0 Å². The van der Waals surface area contributed by atoms with Crippen molar-refractivity contribution in [2.75, 3.05) is 11.4 Å². The zero-order valence-electron chi connectivity index (χ0n) is 11.6. The van der Waals surface area contributed by atoms with Gasteiger partial charge in [-0.2, -0.15) is 0 Å². The molecule has 106 valence electrons. The Morgan fingerprint density at radius 3 is 2.57 bits per heavy atom. The molecule has 0 radical (unpaired) electrons. The van der Waals surface area contributed by atoms with Crippen molar-refractivity contribution >= 4 is 22.5 Å². The van der Waals surface area contributed by atoms with Gasteiger partial charge in [-0.05, 0) is 37.3 Å². The van der Waals surface area contributed by atoms with Crippen LogP contribution in [0.25, 0.3) is 10.9 Å². The van der Waals surface area contributed by atoms with Crippen LogP contribution in [0.5, 0.6) is 0 Å². The predicted octanol–water partition coefficient (Wildman–Crippen LogP) is 3.97. The number of amides is 1. The Labute approximate surface area is 122 Å². The molecule has 2 aromatic carbocycles. The molecule has 3 aromatic rings. The summed E-state index contributed by atoms with van der Waals surface area (Å²) in [6.07, 6.45) is 1.72. The van der Waals surface area contributed by atoms with Crippen LogP contribution in [0, 0.1) is 5.82 Å². The van der Waals surface area contributed by atoms with E-state index in [0.29, 0.717) is 17.8 Å². The Bertz CT molecular complexity index is 777. The lowest BCUT2D eigenvalue weighted by Crippen LogP contribution is -2.30. The number of aromatic nitrogens is 1. The molecule has 0 aliphatic rings. The van der Waals surface area contributed by atoms with E-state index in [2.05, 4.69) is 4.98 Å². The highest BCUT2D eigenvalue weighted by Crippen LogP contribution is 2.23. The van der Waals surface area contributed by atoms with Gasteiger partial charge < -0.3 is 9.88 Å². The molecule has 3 rings (SSSR count). The SMILES string of the molecule is CCN(C(=O)c1c[nH]c2ccccc12)c1ccc(F)cc1. The van der Waals surface area contributed by atoms with Crippen LogP contribution in [0.2, 0.25) is 0 Å².